The number of carbonyl (C=O) groups is 3. The molecular formula is C19H19IN2O5. The molecule has 2 rings (SSSR count). The third-order valence-corrected chi connectivity index (χ3v) is 3.96. The molecule has 0 aromatic heterocycles. The van der Waals surface area contributed by atoms with E-state index >= 15 is 0 Å². The fourth-order valence-electron chi connectivity index (χ4n) is 2.08. The van der Waals surface area contributed by atoms with Crippen molar-refractivity contribution in [3.63, 3.8) is 0 Å². The minimum absolute atomic E-state index is 0.331. The molecule has 2 amide bonds. The zero-order valence-electron chi connectivity index (χ0n) is 14.7. The van der Waals surface area contributed by atoms with Crippen LogP contribution in [0, 0.1) is 3.57 Å². The van der Waals surface area contributed by atoms with E-state index < -0.39 is 24.4 Å². The van der Waals surface area contributed by atoms with Crippen molar-refractivity contribution < 1.29 is 23.9 Å². The molecule has 0 spiro atoms. The Labute approximate surface area is 170 Å². The van der Waals surface area contributed by atoms with Gasteiger partial charge in [0.1, 0.15) is 12.3 Å². The lowest BCUT2D eigenvalue weighted by molar-refractivity contribution is -0.146. The molecule has 7 nitrogen and oxygen atoms in total. The third-order valence-electron chi connectivity index (χ3n) is 3.29. The van der Waals surface area contributed by atoms with Crippen molar-refractivity contribution in [2.24, 2.45) is 0 Å². The normalized spacial score (nSPS) is 10.0. The van der Waals surface area contributed by atoms with Crippen LogP contribution in [0.3, 0.4) is 0 Å². The predicted octanol–water partition coefficient (Wildman–Crippen LogP) is 2.60. The maximum absolute atomic E-state index is 12.0. The number of benzene rings is 2. The van der Waals surface area contributed by atoms with E-state index in [1.165, 1.54) is 0 Å². The average molecular weight is 482 g/mol. The van der Waals surface area contributed by atoms with E-state index in [-0.39, 0.29) is 6.54 Å². The lowest BCUT2D eigenvalue weighted by Gasteiger charge is -2.08. The lowest BCUT2D eigenvalue weighted by atomic mass is 10.2. The first-order valence-electron chi connectivity index (χ1n) is 8.20. The molecule has 0 aliphatic rings. The Kier molecular flexibility index (Phi) is 8.05. The van der Waals surface area contributed by atoms with Gasteiger partial charge in [0.25, 0.3) is 11.8 Å². The number of amides is 2. The molecule has 0 radical (unpaired) electrons. The van der Waals surface area contributed by atoms with Gasteiger partial charge in [0.05, 0.1) is 6.61 Å². The molecule has 142 valence electrons. The Balaban J connectivity index is 1.72. The molecule has 0 heterocycles. The molecule has 2 N–H and O–H groups in total. The highest BCUT2D eigenvalue weighted by atomic mass is 127. The van der Waals surface area contributed by atoms with Gasteiger partial charge in [-0.15, -0.1) is 0 Å². The van der Waals surface area contributed by atoms with Crippen LogP contribution in [0.25, 0.3) is 0 Å². The molecular weight excluding hydrogens is 463 g/mol. The Bertz CT molecular complexity index is 808. The summed E-state index contributed by atoms with van der Waals surface area (Å²) in [4.78, 5) is 35.5. The molecule has 0 atom stereocenters. The summed E-state index contributed by atoms with van der Waals surface area (Å²) in [6.45, 7) is 1.65. The molecule has 27 heavy (non-hydrogen) atoms. The van der Waals surface area contributed by atoms with E-state index in [0.717, 1.165) is 3.57 Å². The molecule has 0 aliphatic heterocycles. The number of ether oxygens (including phenoxy) is 2. The van der Waals surface area contributed by atoms with Crippen LogP contribution in [-0.4, -0.2) is 37.5 Å². The van der Waals surface area contributed by atoms with Crippen molar-refractivity contribution in [3.05, 3.63) is 57.7 Å². The number of anilines is 1. The monoisotopic (exact) mass is 482 g/mol. The fourth-order valence-corrected chi connectivity index (χ4v) is 2.63. The zero-order valence-corrected chi connectivity index (χ0v) is 16.8. The van der Waals surface area contributed by atoms with Crippen molar-refractivity contribution >= 4 is 46.1 Å². The smallest absolute Gasteiger partial charge is 0.325 e. The van der Waals surface area contributed by atoms with E-state index in [4.69, 9.17) is 9.47 Å². The summed E-state index contributed by atoms with van der Waals surface area (Å²) in [7, 11) is 0. The minimum Gasteiger partial charge on any atom is -0.494 e. The summed E-state index contributed by atoms with van der Waals surface area (Å²) < 4.78 is 11.1. The number of rotatable bonds is 8. The summed E-state index contributed by atoms with van der Waals surface area (Å²) in [5.41, 5.74) is 1.01. The maximum Gasteiger partial charge on any atom is 0.325 e. The first kappa shape index (κ1) is 20.7. The van der Waals surface area contributed by atoms with Gasteiger partial charge in [0.2, 0.25) is 0 Å². The topological polar surface area (TPSA) is 93.7 Å². The highest BCUT2D eigenvalue weighted by molar-refractivity contribution is 14.1. The number of carbonyl (C=O) groups excluding carboxylic acids is 3. The first-order valence-corrected chi connectivity index (χ1v) is 9.28. The second-order valence-corrected chi connectivity index (χ2v) is 6.60. The minimum atomic E-state index is -0.702. The van der Waals surface area contributed by atoms with Crippen molar-refractivity contribution in [1.29, 1.82) is 0 Å². The van der Waals surface area contributed by atoms with Crippen LogP contribution < -0.4 is 15.4 Å². The van der Waals surface area contributed by atoms with Gasteiger partial charge < -0.3 is 20.1 Å². The Morgan fingerprint density at radius 3 is 2.48 bits per heavy atom. The van der Waals surface area contributed by atoms with Crippen LogP contribution >= 0.6 is 22.6 Å². The van der Waals surface area contributed by atoms with Gasteiger partial charge in [-0.25, -0.2) is 0 Å². The summed E-state index contributed by atoms with van der Waals surface area (Å²) in [6.07, 6.45) is 0. The number of hydrogen-bond acceptors (Lipinski definition) is 5. The molecule has 2 aromatic carbocycles. The number of nitrogens with one attached hydrogen (secondary N) is 2. The van der Waals surface area contributed by atoms with E-state index in [1.807, 2.05) is 13.0 Å². The van der Waals surface area contributed by atoms with Crippen LogP contribution in [0.5, 0.6) is 5.75 Å². The predicted molar refractivity (Wildman–Crippen MR) is 109 cm³/mol. The van der Waals surface area contributed by atoms with E-state index in [0.29, 0.717) is 23.6 Å². The summed E-state index contributed by atoms with van der Waals surface area (Å²) >= 11 is 2.13. The fraction of sp³-hybridized carbons (Fsp3) is 0.211. The van der Waals surface area contributed by atoms with Crippen LogP contribution in [0.15, 0.2) is 48.5 Å². The molecule has 8 heteroatoms. The highest BCUT2D eigenvalue weighted by Gasteiger charge is 2.11. The summed E-state index contributed by atoms with van der Waals surface area (Å²) in [6, 6.07) is 13.8. The molecule has 0 bridgehead atoms. The van der Waals surface area contributed by atoms with Gasteiger partial charge in [-0.3, -0.25) is 14.4 Å². The van der Waals surface area contributed by atoms with Crippen LogP contribution in [0.2, 0.25) is 0 Å². The van der Waals surface area contributed by atoms with Crippen molar-refractivity contribution in [3.8, 4) is 5.75 Å². The van der Waals surface area contributed by atoms with Gasteiger partial charge in [0.15, 0.2) is 6.61 Å². The molecule has 0 aliphatic carbocycles. The summed E-state index contributed by atoms with van der Waals surface area (Å²) in [5.74, 6) is -0.916. The van der Waals surface area contributed by atoms with Gasteiger partial charge in [-0.2, -0.15) is 0 Å². The standard InChI is InChI=1S/C19H19IN2O5/c1-2-26-16-8-6-13(7-9-16)19(25)21-11-18(24)27-12-17(23)22-15-5-3-4-14(20)10-15/h3-10H,2,11-12H2,1H3,(H,21,25)(H,22,23). The lowest BCUT2D eigenvalue weighted by Crippen LogP contribution is -2.32. The van der Waals surface area contributed by atoms with E-state index in [1.54, 1.807) is 42.5 Å². The summed E-state index contributed by atoms with van der Waals surface area (Å²) in [5, 5.41) is 5.07. The van der Waals surface area contributed by atoms with Crippen LogP contribution in [0.4, 0.5) is 5.69 Å². The van der Waals surface area contributed by atoms with Gasteiger partial charge in [0, 0.05) is 14.8 Å². The van der Waals surface area contributed by atoms with Crippen molar-refractivity contribution in [2.45, 2.75) is 6.92 Å². The number of hydrogen-bond donors (Lipinski definition) is 2. The molecule has 0 fully saturated rings. The number of esters is 1. The van der Waals surface area contributed by atoms with Crippen molar-refractivity contribution in [1.82, 2.24) is 5.32 Å². The Morgan fingerprint density at radius 2 is 1.81 bits per heavy atom. The molecule has 2 aromatic rings. The van der Waals surface area contributed by atoms with Crippen LogP contribution in [-0.2, 0) is 14.3 Å². The maximum atomic E-state index is 12.0. The second-order valence-electron chi connectivity index (χ2n) is 5.36. The van der Waals surface area contributed by atoms with Crippen molar-refractivity contribution in [2.75, 3.05) is 25.1 Å². The Morgan fingerprint density at radius 1 is 1.07 bits per heavy atom. The molecule has 0 saturated carbocycles. The molecule has 0 saturated heterocycles. The first-order chi connectivity index (χ1) is 13.0. The van der Waals surface area contributed by atoms with Gasteiger partial charge >= 0.3 is 5.97 Å². The van der Waals surface area contributed by atoms with Gasteiger partial charge in [-0.1, -0.05) is 6.07 Å². The Hall–Kier alpha value is -2.62. The largest absolute Gasteiger partial charge is 0.494 e. The third kappa shape index (κ3) is 7.26. The van der Waals surface area contributed by atoms with Crippen LogP contribution in [0.1, 0.15) is 17.3 Å². The molecule has 0 unspecified atom stereocenters. The quantitative estimate of drug-likeness (QED) is 0.446. The zero-order chi connectivity index (χ0) is 19.6. The SMILES string of the molecule is CCOc1ccc(C(=O)NCC(=O)OCC(=O)Nc2cccc(I)c2)cc1. The average Bonchev–Trinajstić information content (AvgIpc) is 2.65. The second kappa shape index (κ2) is 10.5. The van der Waals surface area contributed by atoms with E-state index in [2.05, 4.69) is 33.2 Å². The van der Waals surface area contributed by atoms with E-state index in [9.17, 15) is 14.4 Å². The number of halogens is 1. The highest BCUT2D eigenvalue weighted by Crippen LogP contribution is 2.13. The van der Waals surface area contributed by atoms with Gasteiger partial charge in [-0.05, 0) is 72.0 Å².